The van der Waals surface area contributed by atoms with Crippen molar-refractivity contribution in [3.05, 3.63) is 231 Å². The smallest absolute Gasteiger partial charge is 0.306 e. The van der Waals surface area contributed by atoms with Crippen LogP contribution in [0.1, 0.15) is 232 Å². The lowest BCUT2D eigenvalue weighted by molar-refractivity contribution is -0.161. The van der Waals surface area contributed by atoms with Gasteiger partial charge >= 0.3 is 11.9 Å². The van der Waals surface area contributed by atoms with Gasteiger partial charge in [0.05, 0.1) is 6.61 Å². The van der Waals surface area contributed by atoms with Crippen molar-refractivity contribution in [2.24, 2.45) is 0 Å². The maximum absolute atomic E-state index is 12.3. The van der Waals surface area contributed by atoms with Crippen molar-refractivity contribution in [1.82, 2.24) is 0 Å². The van der Waals surface area contributed by atoms with E-state index in [1.807, 2.05) is 0 Å². The lowest BCUT2D eigenvalue weighted by Gasteiger charge is -2.15. The van der Waals surface area contributed by atoms with Crippen LogP contribution in [-0.4, -0.2) is 36.4 Å². The number of allylic oxidation sites excluding steroid dienone is 38. The Morgan fingerprint density at radius 3 is 0.738 bits per heavy atom. The molecule has 0 rings (SSSR count). The first-order valence-corrected chi connectivity index (χ1v) is 32.9. The molecule has 0 saturated heterocycles. The van der Waals surface area contributed by atoms with Gasteiger partial charge in [-0.1, -0.05) is 290 Å². The fourth-order valence-electron chi connectivity index (χ4n) is 8.10. The number of rotatable bonds is 57. The molecular weight excluding hydrogens is 1030 g/mol. The van der Waals surface area contributed by atoms with E-state index in [0.29, 0.717) is 12.8 Å². The van der Waals surface area contributed by atoms with Crippen LogP contribution in [0.2, 0.25) is 0 Å². The Balaban J connectivity index is 3.69. The van der Waals surface area contributed by atoms with Crippen molar-refractivity contribution >= 4 is 11.9 Å². The van der Waals surface area contributed by atoms with Gasteiger partial charge in [0.15, 0.2) is 6.10 Å². The minimum Gasteiger partial charge on any atom is -0.462 e. The molecule has 0 radical (unpaired) electrons. The third-order valence-electron chi connectivity index (χ3n) is 13.0. The Morgan fingerprint density at radius 2 is 0.476 bits per heavy atom. The van der Waals surface area contributed by atoms with Crippen molar-refractivity contribution in [2.75, 3.05) is 13.2 Å². The summed E-state index contributed by atoms with van der Waals surface area (Å²) in [5.74, 6) is -0.668. The highest BCUT2D eigenvalue weighted by molar-refractivity contribution is 5.70. The summed E-state index contributed by atoms with van der Waals surface area (Å²) in [6.45, 7) is 3.85. The molecule has 1 N–H and O–H groups in total. The van der Waals surface area contributed by atoms with E-state index < -0.39 is 6.10 Å². The molecular formula is C79H118O5. The molecule has 0 spiro atoms. The molecule has 464 valence electrons. The molecule has 0 bridgehead atoms. The predicted octanol–water partition coefficient (Wildman–Crippen LogP) is 23.3. The Labute approximate surface area is 515 Å². The lowest BCUT2D eigenvalue weighted by Crippen LogP contribution is -2.28. The maximum Gasteiger partial charge on any atom is 0.306 e. The van der Waals surface area contributed by atoms with E-state index in [0.717, 1.165) is 161 Å². The predicted molar refractivity (Wildman–Crippen MR) is 370 cm³/mol. The number of hydrogen-bond acceptors (Lipinski definition) is 5. The standard InChI is InChI=1S/C79H118O5/c1-3-5-7-9-11-13-15-17-19-21-23-25-27-29-31-33-35-37-38-39-40-42-43-45-47-49-51-53-55-57-59-61-63-65-67-69-71-73-78(81)83-76-77(75-80)84-79(82)74-72-70-68-66-64-62-60-58-56-54-52-50-48-46-44-41-36-34-32-30-28-26-24-22-20-18-16-14-12-10-8-6-4-2/h5-8,11-14,17-20,23-26,29-32,35-37,39-41,43,45-46,48-49,51-52,54,58,60,64,66,77,80H,3-4,9-10,15-16,21-22,27-28,33-34,38,42,44,47,50,53,55-57,59,61-63,65,67-76H2,1-2H3/b7-5-,8-6-,13-11-,14-12-,19-17-,20-18-,25-23-,26-24-,31-29-,32-30-,37-35-,40-39-,41-36-,45-43-,48-46-,51-49-,54-52-,60-58-,66-64-. The molecule has 5 nitrogen and oxygen atoms in total. The van der Waals surface area contributed by atoms with Crippen molar-refractivity contribution in [2.45, 2.75) is 238 Å². The molecule has 5 heteroatoms. The molecule has 0 aliphatic heterocycles. The largest absolute Gasteiger partial charge is 0.462 e. The van der Waals surface area contributed by atoms with Gasteiger partial charge in [0.1, 0.15) is 6.61 Å². The molecule has 1 unspecified atom stereocenters. The monoisotopic (exact) mass is 1150 g/mol. The molecule has 0 aromatic heterocycles. The van der Waals surface area contributed by atoms with Gasteiger partial charge in [0.25, 0.3) is 0 Å². The highest BCUT2D eigenvalue weighted by atomic mass is 16.6. The van der Waals surface area contributed by atoms with Crippen LogP contribution in [0.4, 0.5) is 0 Å². The minimum atomic E-state index is -0.819. The van der Waals surface area contributed by atoms with Gasteiger partial charge in [-0.2, -0.15) is 0 Å². The quantitative estimate of drug-likeness (QED) is 0.0373. The zero-order valence-electron chi connectivity index (χ0n) is 53.1. The number of unbranched alkanes of at least 4 members (excludes halogenated alkanes) is 11. The summed E-state index contributed by atoms with van der Waals surface area (Å²) in [4.78, 5) is 24.6. The van der Waals surface area contributed by atoms with E-state index in [1.165, 1.54) is 38.5 Å². The van der Waals surface area contributed by atoms with E-state index in [1.54, 1.807) is 0 Å². The van der Waals surface area contributed by atoms with Crippen LogP contribution in [0.25, 0.3) is 0 Å². The molecule has 0 aromatic carbocycles. The van der Waals surface area contributed by atoms with Crippen LogP contribution >= 0.6 is 0 Å². The normalized spacial score (nSPS) is 13.8. The second kappa shape index (κ2) is 71.2. The van der Waals surface area contributed by atoms with Crippen LogP contribution < -0.4 is 0 Å². The second-order valence-electron chi connectivity index (χ2n) is 20.7. The first-order chi connectivity index (χ1) is 41.6. The SMILES string of the molecule is CC/C=C\C/C=C\C/C=C\C/C=C\C/C=C\C/C=C\C/C=C\C/C=C\C/C=C\C/C=C\CCCCC(=O)OC(CO)COC(=O)CCCCCCCCCCC/C=C\C/C=C\C/C=C\C/C=C\C/C=C\C/C=C\C/C=C\C/C=C\C/C=C\CC. The molecule has 0 aromatic rings. The molecule has 0 aliphatic carbocycles. The summed E-state index contributed by atoms with van der Waals surface area (Å²) >= 11 is 0. The summed E-state index contributed by atoms with van der Waals surface area (Å²) < 4.78 is 10.7. The highest BCUT2D eigenvalue weighted by Gasteiger charge is 2.16. The van der Waals surface area contributed by atoms with E-state index >= 15 is 0 Å². The topological polar surface area (TPSA) is 72.8 Å². The van der Waals surface area contributed by atoms with Gasteiger partial charge < -0.3 is 14.6 Å². The number of carbonyl (C=O) groups is 2. The van der Waals surface area contributed by atoms with Gasteiger partial charge in [0.2, 0.25) is 0 Å². The molecule has 84 heavy (non-hydrogen) atoms. The average molecular weight is 1150 g/mol. The number of aliphatic hydroxyl groups excluding tert-OH is 1. The second-order valence-corrected chi connectivity index (χ2v) is 20.7. The molecule has 0 aliphatic rings. The van der Waals surface area contributed by atoms with Crippen LogP contribution in [0.3, 0.4) is 0 Å². The summed E-state index contributed by atoms with van der Waals surface area (Å²) in [6.07, 6.45) is 117. The summed E-state index contributed by atoms with van der Waals surface area (Å²) in [5.41, 5.74) is 0. The Kier molecular flexibility index (Phi) is 66.1. The van der Waals surface area contributed by atoms with Crippen LogP contribution in [0, 0.1) is 0 Å². The summed E-state index contributed by atoms with van der Waals surface area (Å²) in [5, 5.41) is 9.68. The number of ether oxygens (including phenoxy) is 2. The molecule has 0 heterocycles. The van der Waals surface area contributed by atoms with Gasteiger partial charge in [-0.25, -0.2) is 0 Å². The number of esters is 2. The third kappa shape index (κ3) is 68.5. The van der Waals surface area contributed by atoms with E-state index in [-0.39, 0.29) is 31.6 Å². The van der Waals surface area contributed by atoms with E-state index in [9.17, 15) is 14.7 Å². The molecule has 0 saturated carbocycles. The average Bonchev–Trinajstić information content (AvgIpc) is 3.51. The minimum absolute atomic E-state index is 0.103. The van der Waals surface area contributed by atoms with Crippen molar-refractivity contribution in [3.63, 3.8) is 0 Å². The Hall–Kier alpha value is -6.04. The lowest BCUT2D eigenvalue weighted by atomic mass is 10.1. The highest BCUT2D eigenvalue weighted by Crippen LogP contribution is 2.13. The van der Waals surface area contributed by atoms with Crippen LogP contribution in [0.15, 0.2) is 231 Å². The zero-order chi connectivity index (χ0) is 60.5. The molecule has 1 atom stereocenters. The van der Waals surface area contributed by atoms with Gasteiger partial charge in [-0.3, -0.25) is 9.59 Å². The Bertz CT molecular complexity index is 2080. The first-order valence-electron chi connectivity index (χ1n) is 32.9. The zero-order valence-corrected chi connectivity index (χ0v) is 53.1. The third-order valence-corrected chi connectivity index (χ3v) is 13.0. The number of hydrogen-bond donors (Lipinski definition) is 1. The number of aliphatic hydroxyl groups is 1. The van der Waals surface area contributed by atoms with E-state index in [4.69, 9.17) is 9.47 Å². The van der Waals surface area contributed by atoms with Gasteiger partial charge in [0, 0.05) is 12.8 Å². The van der Waals surface area contributed by atoms with Gasteiger partial charge in [-0.15, -0.1) is 0 Å². The molecule has 0 fully saturated rings. The fraction of sp³-hybridized carbons (Fsp3) is 0.494. The molecule has 0 amide bonds. The van der Waals surface area contributed by atoms with Crippen molar-refractivity contribution < 1.29 is 24.2 Å². The van der Waals surface area contributed by atoms with Crippen molar-refractivity contribution in [1.29, 1.82) is 0 Å². The summed E-state index contributed by atoms with van der Waals surface area (Å²) in [7, 11) is 0. The van der Waals surface area contributed by atoms with Crippen molar-refractivity contribution in [3.8, 4) is 0 Å². The fourth-order valence-corrected chi connectivity index (χ4v) is 8.10. The van der Waals surface area contributed by atoms with Crippen LogP contribution in [-0.2, 0) is 19.1 Å². The summed E-state index contributed by atoms with van der Waals surface area (Å²) in [6, 6.07) is 0. The Morgan fingerprint density at radius 1 is 0.274 bits per heavy atom. The number of carbonyl (C=O) groups excluding carboxylic acids is 2. The first kappa shape index (κ1) is 78.0. The van der Waals surface area contributed by atoms with Gasteiger partial charge in [-0.05, 0) is 161 Å². The maximum atomic E-state index is 12.3. The van der Waals surface area contributed by atoms with Crippen LogP contribution in [0.5, 0.6) is 0 Å². The van der Waals surface area contributed by atoms with E-state index in [2.05, 4.69) is 245 Å².